The second-order valence-electron chi connectivity index (χ2n) is 13.2. The third-order valence-corrected chi connectivity index (χ3v) is 8.83. The minimum absolute atomic E-state index is 0.0796. The van der Waals surface area contributed by atoms with Crippen molar-refractivity contribution in [1.82, 2.24) is 0 Å². The maximum absolute atomic E-state index is 9.66. The Morgan fingerprint density at radius 2 is 0.654 bits per heavy atom. The molecule has 8 bridgehead atoms. The summed E-state index contributed by atoms with van der Waals surface area (Å²) in [6.45, 7) is 11.0. The third-order valence-electron chi connectivity index (χ3n) is 8.83. The van der Waals surface area contributed by atoms with Crippen LogP contribution in [0.3, 0.4) is 0 Å². The van der Waals surface area contributed by atoms with Gasteiger partial charge in [-0.1, -0.05) is 64.1 Å². The number of fused-ring (bicyclic) bond motifs is 8. The highest BCUT2D eigenvalue weighted by Gasteiger charge is 2.23. The van der Waals surface area contributed by atoms with Crippen LogP contribution < -0.4 is 28.4 Å². The normalized spacial score (nSPS) is 12.3. The van der Waals surface area contributed by atoms with E-state index in [0.717, 1.165) is 93.2 Å². The van der Waals surface area contributed by atoms with Gasteiger partial charge in [0.2, 0.25) is 0 Å². The molecule has 52 heavy (non-hydrogen) atoms. The van der Waals surface area contributed by atoms with Crippen molar-refractivity contribution in [2.75, 3.05) is 52.9 Å². The number of benzene rings is 4. The molecule has 280 valence electrons. The summed E-state index contributed by atoms with van der Waals surface area (Å²) in [5.74, 6) is 4.76. The first-order valence-electron chi connectivity index (χ1n) is 19.0. The van der Waals surface area contributed by atoms with E-state index in [0.29, 0.717) is 63.6 Å². The lowest BCUT2D eigenvalue weighted by atomic mass is 9.91. The van der Waals surface area contributed by atoms with Gasteiger partial charge in [0, 0.05) is 47.9 Å². The molecule has 5 rings (SSSR count). The van der Waals surface area contributed by atoms with Gasteiger partial charge in [-0.15, -0.1) is 0 Å². The zero-order chi connectivity index (χ0) is 36.7. The molecule has 0 radical (unpaired) electrons. The molecule has 0 spiro atoms. The second-order valence-corrected chi connectivity index (χ2v) is 13.2. The maximum Gasteiger partial charge on any atom is 0.126 e. The van der Waals surface area contributed by atoms with Crippen LogP contribution in [-0.2, 0) is 25.7 Å². The first-order chi connectivity index (χ1) is 25.5. The van der Waals surface area contributed by atoms with Gasteiger partial charge in [-0.3, -0.25) is 0 Å². The Morgan fingerprint density at radius 3 is 0.904 bits per heavy atom. The molecule has 1 aliphatic rings. The Hall–Kier alpha value is -4.40. The lowest BCUT2D eigenvalue weighted by molar-refractivity contribution is 0.201. The third kappa shape index (κ3) is 9.92. The summed E-state index contributed by atoms with van der Waals surface area (Å²) in [7, 11) is 0. The SMILES string of the molecule is CCCOc1c2cccc1Cc1cc(OCCO)cc(c1OCCC)Cc1cccc(c1OCCC)Cc1cc(OCCO)cc(c1OCCC)C2. The molecule has 0 unspecified atom stereocenters. The van der Waals surface area contributed by atoms with Crippen molar-refractivity contribution < 1.29 is 38.6 Å². The van der Waals surface area contributed by atoms with E-state index in [-0.39, 0.29) is 26.4 Å². The fraction of sp³-hybridized carbons (Fsp3) is 0.455. The van der Waals surface area contributed by atoms with E-state index in [2.05, 4.69) is 64.1 Å². The van der Waals surface area contributed by atoms with Crippen LogP contribution in [0, 0.1) is 0 Å². The van der Waals surface area contributed by atoms with Gasteiger partial charge in [0.1, 0.15) is 47.7 Å². The Bertz CT molecular complexity index is 1510. The highest BCUT2D eigenvalue weighted by atomic mass is 16.5. The van der Waals surface area contributed by atoms with Crippen LogP contribution in [0.4, 0.5) is 0 Å². The van der Waals surface area contributed by atoms with Gasteiger partial charge in [-0.25, -0.2) is 0 Å². The standard InChI is InChI=1S/C44H56O8/c1-5-17-49-41-31-11-9-12-32(41)24-36-28-40(48-22-16-46)30-38(44(36)52-20-8-4)26-34-14-10-13-33(42(34)50-18-6-2)25-37-29-39(47-21-15-45)27-35(23-31)43(37)51-19-7-3/h9-14,27-30,45-46H,5-8,15-26H2,1-4H3. The fourth-order valence-corrected chi connectivity index (χ4v) is 6.68. The van der Waals surface area contributed by atoms with Gasteiger partial charge in [-0.2, -0.15) is 0 Å². The second kappa shape index (κ2) is 20.0. The minimum atomic E-state index is -0.0796. The van der Waals surface area contributed by atoms with E-state index in [4.69, 9.17) is 28.4 Å². The molecule has 8 nitrogen and oxygen atoms in total. The van der Waals surface area contributed by atoms with E-state index in [1.54, 1.807) is 0 Å². The van der Waals surface area contributed by atoms with Crippen LogP contribution >= 0.6 is 0 Å². The predicted octanol–water partition coefficient (Wildman–Crippen LogP) is 8.26. The molecule has 0 aliphatic heterocycles. The fourth-order valence-electron chi connectivity index (χ4n) is 6.68. The lowest BCUT2D eigenvalue weighted by Crippen LogP contribution is -2.11. The number of aliphatic hydroxyl groups excluding tert-OH is 2. The van der Waals surface area contributed by atoms with Crippen LogP contribution in [0.5, 0.6) is 34.5 Å². The molecule has 4 aromatic carbocycles. The summed E-state index contributed by atoms with van der Waals surface area (Å²) >= 11 is 0. The largest absolute Gasteiger partial charge is 0.493 e. The van der Waals surface area contributed by atoms with Crippen molar-refractivity contribution in [3.63, 3.8) is 0 Å². The number of aliphatic hydroxyl groups is 2. The van der Waals surface area contributed by atoms with E-state index in [9.17, 15) is 10.2 Å². The molecular weight excluding hydrogens is 656 g/mol. The van der Waals surface area contributed by atoms with Crippen molar-refractivity contribution in [2.24, 2.45) is 0 Å². The highest BCUT2D eigenvalue weighted by molar-refractivity contribution is 5.58. The summed E-state index contributed by atoms with van der Waals surface area (Å²) in [4.78, 5) is 0. The lowest BCUT2D eigenvalue weighted by Gasteiger charge is -2.24. The Labute approximate surface area is 309 Å². The van der Waals surface area contributed by atoms with Gasteiger partial charge in [-0.05, 0) is 72.2 Å². The van der Waals surface area contributed by atoms with E-state index < -0.39 is 0 Å². The van der Waals surface area contributed by atoms with Crippen molar-refractivity contribution in [3.05, 3.63) is 105 Å². The summed E-state index contributed by atoms with van der Waals surface area (Å²) in [5, 5.41) is 19.3. The van der Waals surface area contributed by atoms with Gasteiger partial charge < -0.3 is 38.6 Å². The van der Waals surface area contributed by atoms with Crippen LogP contribution in [-0.4, -0.2) is 63.1 Å². The zero-order valence-corrected chi connectivity index (χ0v) is 31.4. The molecular formula is C44H56O8. The summed E-state index contributed by atoms with van der Waals surface area (Å²) in [6.07, 6.45) is 5.69. The zero-order valence-electron chi connectivity index (χ0n) is 31.4. The van der Waals surface area contributed by atoms with Crippen molar-refractivity contribution in [2.45, 2.75) is 79.1 Å². The molecule has 0 saturated heterocycles. The van der Waals surface area contributed by atoms with Crippen molar-refractivity contribution in [1.29, 1.82) is 0 Å². The Morgan fingerprint density at radius 1 is 0.385 bits per heavy atom. The Balaban J connectivity index is 1.81. The molecule has 4 aromatic rings. The maximum atomic E-state index is 9.66. The minimum Gasteiger partial charge on any atom is -0.493 e. The molecule has 0 saturated carbocycles. The smallest absolute Gasteiger partial charge is 0.126 e. The van der Waals surface area contributed by atoms with Gasteiger partial charge in [0.15, 0.2) is 0 Å². The average Bonchev–Trinajstić information content (AvgIpc) is 3.14. The first-order valence-corrected chi connectivity index (χ1v) is 19.0. The molecule has 2 N–H and O–H groups in total. The first kappa shape index (κ1) is 38.8. The number of hydrogen-bond acceptors (Lipinski definition) is 8. The predicted molar refractivity (Wildman–Crippen MR) is 205 cm³/mol. The van der Waals surface area contributed by atoms with Crippen molar-refractivity contribution in [3.8, 4) is 34.5 Å². The molecule has 0 heterocycles. The Kier molecular flexibility index (Phi) is 14.9. The van der Waals surface area contributed by atoms with Gasteiger partial charge in [0.25, 0.3) is 0 Å². The van der Waals surface area contributed by atoms with E-state index in [1.165, 1.54) is 0 Å². The number of para-hydroxylation sites is 2. The molecule has 0 aromatic heterocycles. The van der Waals surface area contributed by atoms with Crippen LogP contribution in [0.15, 0.2) is 60.7 Å². The van der Waals surface area contributed by atoms with E-state index in [1.807, 2.05) is 24.3 Å². The van der Waals surface area contributed by atoms with Crippen molar-refractivity contribution >= 4 is 0 Å². The molecule has 0 fully saturated rings. The summed E-state index contributed by atoms with van der Waals surface area (Å²) in [5.41, 5.74) is 8.14. The topological polar surface area (TPSA) is 95.8 Å². The van der Waals surface area contributed by atoms with Gasteiger partial charge in [0.05, 0.1) is 39.6 Å². The molecule has 8 heteroatoms. The molecule has 1 aliphatic carbocycles. The highest BCUT2D eigenvalue weighted by Crippen LogP contribution is 2.41. The molecule has 0 atom stereocenters. The number of rotatable bonds is 18. The summed E-state index contributed by atoms with van der Waals surface area (Å²) in [6, 6.07) is 20.9. The average molecular weight is 713 g/mol. The van der Waals surface area contributed by atoms with Crippen LogP contribution in [0.1, 0.15) is 97.9 Å². The number of hydrogen-bond donors (Lipinski definition) is 2. The quantitative estimate of drug-likeness (QED) is 0.0938. The van der Waals surface area contributed by atoms with Crippen LogP contribution in [0.25, 0.3) is 0 Å². The van der Waals surface area contributed by atoms with Crippen LogP contribution in [0.2, 0.25) is 0 Å². The number of ether oxygens (including phenoxy) is 6. The molecule has 0 amide bonds. The van der Waals surface area contributed by atoms with E-state index >= 15 is 0 Å². The summed E-state index contributed by atoms with van der Waals surface area (Å²) < 4.78 is 38.6. The van der Waals surface area contributed by atoms with Gasteiger partial charge >= 0.3 is 0 Å². The monoisotopic (exact) mass is 712 g/mol.